The molecule has 0 saturated carbocycles. The molecule has 1 aliphatic heterocycles. The molecule has 0 unspecified atom stereocenters. The number of hydrogen-bond donors (Lipinski definition) is 1. The molecule has 3 aromatic carbocycles. The van der Waals surface area contributed by atoms with Gasteiger partial charge in [-0.2, -0.15) is 0 Å². The minimum atomic E-state index is -0.425. The van der Waals surface area contributed by atoms with Gasteiger partial charge < -0.3 is 24.1 Å². The summed E-state index contributed by atoms with van der Waals surface area (Å²) < 4.78 is 25.7. The van der Waals surface area contributed by atoms with Gasteiger partial charge in [-0.05, 0) is 68.1 Å². The van der Waals surface area contributed by atoms with E-state index in [0.29, 0.717) is 26.4 Å². The van der Waals surface area contributed by atoms with Crippen molar-refractivity contribution in [1.29, 1.82) is 0 Å². The van der Waals surface area contributed by atoms with Crippen molar-refractivity contribution in [3.8, 4) is 0 Å². The number of aliphatic hydroxyl groups is 1. The lowest BCUT2D eigenvalue weighted by Crippen LogP contribution is -2.44. The molecule has 0 bridgehead atoms. The molecule has 0 radical (unpaired) electrons. The maximum absolute atomic E-state index is 10.9. The van der Waals surface area contributed by atoms with Crippen LogP contribution in [0.3, 0.4) is 0 Å². The molecule has 0 aromatic heterocycles. The van der Waals surface area contributed by atoms with Crippen LogP contribution in [0.4, 0.5) is 0 Å². The van der Waals surface area contributed by atoms with E-state index in [-0.39, 0.29) is 24.4 Å². The highest BCUT2D eigenvalue weighted by atomic mass is 16.6. The molecule has 1 aliphatic rings. The summed E-state index contributed by atoms with van der Waals surface area (Å²) in [5.41, 5.74) is 3.56. The molecule has 0 aliphatic carbocycles. The normalized spacial score (nSPS) is 19.0. The first-order valence-corrected chi connectivity index (χ1v) is 20.1. The number of rotatable bonds is 27. The predicted molar refractivity (Wildman–Crippen MR) is 209 cm³/mol. The highest BCUT2D eigenvalue weighted by molar-refractivity contribution is 5.15. The molecule has 0 amide bonds. The van der Waals surface area contributed by atoms with Crippen molar-refractivity contribution >= 4 is 0 Å². The van der Waals surface area contributed by atoms with Crippen molar-refractivity contribution in [3.63, 3.8) is 0 Å². The number of benzene rings is 3. The van der Waals surface area contributed by atoms with E-state index in [1.54, 1.807) is 0 Å². The topological polar surface area (TPSA) is 57.2 Å². The SMILES string of the molecule is CCCCCCCCC/C=C/C[C@H]1O[C@@H]([C@@H](CCCC[C@@H](CCOCc2ccccc2)OCc2ccccc2)OCc2ccccc2)CC[C@H]1O. The van der Waals surface area contributed by atoms with Gasteiger partial charge in [0, 0.05) is 6.61 Å². The third-order valence-corrected chi connectivity index (χ3v) is 10.0. The Morgan fingerprint density at radius 2 is 1.24 bits per heavy atom. The summed E-state index contributed by atoms with van der Waals surface area (Å²) >= 11 is 0. The van der Waals surface area contributed by atoms with Gasteiger partial charge in [-0.15, -0.1) is 0 Å². The number of hydrogen-bond acceptors (Lipinski definition) is 5. The van der Waals surface area contributed by atoms with E-state index >= 15 is 0 Å². The Morgan fingerprint density at radius 1 is 0.647 bits per heavy atom. The maximum Gasteiger partial charge on any atom is 0.0873 e. The zero-order valence-corrected chi connectivity index (χ0v) is 31.4. The van der Waals surface area contributed by atoms with Crippen LogP contribution >= 0.6 is 0 Å². The molecule has 4 rings (SSSR count). The lowest BCUT2D eigenvalue weighted by Gasteiger charge is -2.37. The van der Waals surface area contributed by atoms with Crippen molar-refractivity contribution in [2.45, 2.75) is 160 Å². The van der Waals surface area contributed by atoms with Gasteiger partial charge in [0.2, 0.25) is 0 Å². The molecule has 1 fully saturated rings. The van der Waals surface area contributed by atoms with E-state index in [9.17, 15) is 5.11 Å². The van der Waals surface area contributed by atoms with Gasteiger partial charge >= 0.3 is 0 Å². The second-order valence-electron chi connectivity index (χ2n) is 14.3. The van der Waals surface area contributed by atoms with Gasteiger partial charge in [-0.3, -0.25) is 0 Å². The van der Waals surface area contributed by atoms with Crippen molar-refractivity contribution in [1.82, 2.24) is 0 Å². The maximum atomic E-state index is 10.9. The fraction of sp³-hybridized carbons (Fsp3) is 0.565. The molecule has 0 spiro atoms. The summed E-state index contributed by atoms with van der Waals surface area (Å²) in [6, 6.07) is 31.2. The third kappa shape index (κ3) is 17.5. The minimum Gasteiger partial charge on any atom is -0.390 e. The molecule has 1 saturated heterocycles. The lowest BCUT2D eigenvalue weighted by atomic mass is 9.93. The van der Waals surface area contributed by atoms with Crippen molar-refractivity contribution in [3.05, 3.63) is 120 Å². The van der Waals surface area contributed by atoms with Gasteiger partial charge in [0.15, 0.2) is 0 Å². The Balaban J connectivity index is 1.25. The van der Waals surface area contributed by atoms with Crippen LogP contribution in [0.2, 0.25) is 0 Å². The molecule has 5 atom stereocenters. The first-order chi connectivity index (χ1) is 25.2. The van der Waals surface area contributed by atoms with Crippen LogP contribution in [0.25, 0.3) is 0 Å². The summed E-state index contributed by atoms with van der Waals surface area (Å²) in [7, 11) is 0. The summed E-state index contributed by atoms with van der Waals surface area (Å²) in [5.74, 6) is 0. The fourth-order valence-corrected chi connectivity index (χ4v) is 6.91. The molecule has 5 heteroatoms. The van der Waals surface area contributed by atoms with Crippen LogP contribution in [0, 0.1) is 0 Å². The number of allylic oxidation sites excluding steroid dienone is 1. The van der Waals surface area contributed by atoms with Gasteiger partial charge in [0.1, 0.15) is 0 Å². The number of aliphatic hydroxyl groups excluding tert-OH is 1. The molecule has 1 heterocycles. The summed E-state index contributed by atoms with van der Waals surface area (Å²) in [4.78, 5) is 0. The third-order valence-electron chi connectivity index (χ3n) is 10.0. The fourth-order valence-electron chi connectivity index (χ4n) is 6.91. The van der Waals surface area contributed by atoms with E-state index in [1.807, 2.05) is 18.2 Å². The average Bonchev–Trinajstić information content (AvgIpc) is 3.17. The largest absolute Gasteiger partial charge is 0.390 e. The second-order valence-corrected chi connectivity index (χ2v) is 14.3. The zero-order valence-electron chi connectivity index (χ0n) is 31.4. The predicted octanol–water partition coefficient (Wildman–Crippen LogP) is 11.3. The molecule has 280 valence electrons. The Bertz CT molecular complexity index is 1270. The van der Waals surface area contributed by atoms with Gasteiger partial charge in [0.25, 0.3) is 0 Å². The van der Waals surface area contributed by atoms with E-state index in [1.165, 1.54) is 61.6 Å². The smallest absolute Gasteiger partial charge is 0.0873 e. The molecule has 3 aromatic rings. The summed E-state index contributed by atoms with van der Waals surface area (Å²) in [6.45, 7) is 4.74. The average molecular weight is 699 g/mol. The van der Waals surface area contributed by atoms with Crippen LogP contribution in [0.15, 0.2) is 103 Å². The minimum absolute atomic E-state index is 0.0184. The van der Waals surface area contributed by atoms with Crippen molar-refractivity contribution < 1.29 is 24.1 Å². The van der Waals surface area contributed by atoms with Crippen LogP contribution in [-0.2, 0) is 38.8 Å². The monoisotopic (exact) mass is 698 g/mol. The highest BCUT2D eigenvalue weighted by Crippen LogP contribution is 2.29. The standard InChI is InChI=1S/C46H66O5/c1-2-3-4-5-6-7-8-9-10-20-30-44-43(47)32-33-46(51-44)45(50-38-41-27-18-13-19-28-41)31-22-21-29-42(49-37-40-25-16-12-17-26-40)34-35-48-36-39-23-14-11-15-24-39/h10-20,23-28,42-47H,2-9,21-22,29-38H2,1H3/b20-10+/t42-,43+,44+,45+,46+/m0/s1. The molecule has 51 heavy (non-hydrogen) atoms. The second kappa shape index (κ2) is 26.0. The van der Waals surface area contributed by atoms with E-state index in [0.717, 1.165) is 57.8 Å². The molecular weight excluding hydrogens is 633 g/mol. The Hall–Kier alpha value is -2.80. The van der Waals surface area contributed by atoms with Crippen molar-refractivity contribution in [2.75, 3.05) is 6.61 Å². The molecular formula is C46H66O5. The first kappa shape index (κ1) is 41.0. The van der Waals surface area contributed by atoms with Crippen molar-refractivity contribution in [2.24, 2.45) is 0 Å². The van der Waals surface area contributed by atoms with Gasteiger partial charge in [-0.1, -0.05) is 161 Å². The Kier molecular flexibility index (Phi) is 20.9. The summed E-state index contributed by atoms with van der Waals surface area (Å²) in [6.07, 6.45) is 21.6. The quantitative estimate of drug-likeness (QED) is 0.0634. The highest BCUT2D eigenvalue weighted by Gasteiger charge is 2.34. The van der Waals surface area contributed by atoms with E-state index in [4.69, 9.17) is 18.9 Å². The summed E-state index contributed by atoms with van der Waals surface area (Å²) in [5, 5.41) is 10.9. The lowest BCUT2D eigenvalue weighted by molar-refractivity contribution is -0.166. The Labute approximate surface area is 309 Å². The van der Waals surface area contributed by atoms with Gasteiger partial charge in [-0.25, -0.2) is 0 Å². The van der Waals surface area contributed by atoms with E-state index < -0.39 is 6.10 Å². The number of unbranched alkanes of at least 4 members (excludes halogenated alkanes) is 8. The van der Waals surface area contributed by atoms with Gasteiger partial charge in [0.05, 0.1) is 50.3 Å². The molecule has 5 nitrogen and oxygen atoms in total. The zero-order chi connectivity index (χ0) is 35.6. The Morgan fingerprint density at radius 3 is 1.90 bits per heavy atom. The van der Waals surface area contributed by atoms with Crippen LogP contribution in [-0.4, -0.2) is 42.2 Å². The van der Waals surface area contributed by atoms with Crippen LogP contribution in [0.1, 0.15) is 126 Å². The first-order valence-electron chi connectivity index (χ1n) is 20.1. The van der Waals surface area contributed by atoms with Crippen LogP contribution in [0.5, 0.6) is 0 Å². The number of ether oxygens (including phenoxy) is 4. The van der Waals surface area contributed by atoms with Crippen LogP contribution < -0.4 is 0 Å². The van der Waals surface area contributed by atoms with E-state index in [2.05, 4.69) is 91.9 Å². The molecule has 1 N–H and O–H groups in total.